The summed E-state index contributed by atoms with van der Waals surface area (Å²) in [5.74, 6) is 0.620. The van der Waals surface area contributed by atoms with Crippen molar-refractivity contribution in [3.05, 3.63) is 53.5 Å². The number of aryl methyl sites for hydroxylation is 1. The van der Waals surface area contributed by atoms with Crippen molar-refractivity contribution < 1.29 is 4.39 Å². The molecule has 0 aliphatic carbocycles. The van der Waals surface area contributed by atoms with Crippen LogP contribution in [0.25, 0.3) is 0 Å². The van der Waals surface area contributed by atoms with Crippen LogP contribution in [0.1, 0.15) is 11.1 Å². The fourth-order valence-corrected chi connectivity index (χ4v) is 1.80. The van der Waals surface area contributed by atoms with E-state index < -0.39 is 0 Å². The second-order valence-corrected chi connectivity index (χ2v) is 4.24. The Bertz CT molecular complexity index is 540. The quantitative estimate of drug-likeness (QED) is 0.870. The number of nitrogens with zero attached hydrogens (tertiary/aromatic N) is 1. The van der Waals surface area contributed by atoms with Gasteiger partial charge in [-0.05, 0) is 42.7 Å². The van der Waals surface area contributed by atoms with Gasteiger partial charge in [0.2, 0.25) is 0 Å². The molecule has 94 valence electrons. The lowest BCUT2D eigenvalue weighted by Gasteiger charge is -2.09. The molecule has 0 aliphatic heterocycles. The Balaban J connectivity index is 1.92. The van der Waals surface area contributed by atoms with Gasteiger partial charge in [0, 0.05) is 6.54 Å². The first kappa shape index (κ1) is 12.4. The number of aromatic nitrogens is 1. The van der Waals surface area contributed by atoms with Crippen molar-refractivity contribution in [2.75, 3.05) is 17.6 Å². The number of halogens is 1. The SMILES string of the molecule is Cc1cc(N)cnc1NCCc1cccc(F)c1. The summed E-state index contributed by atoms with van der Waals surface area (Å²) in [7, 11) is 0. The molecule has 1 aromatic carbocycles. The van der Waals surface area contributed by atoms with Gasteiger partial charge in [-0.3, -0.25) is 0 Å². The Labute approximate surface area is 106 Å². The summed E-state index contributed by atoms with van der Waals surface area (Å²) >= 11 is 0. The Kier molecular flexibility index (Phi) is 3.77. The van der Waals surface area contributed by atoms with E-state index in [0.717, 1.165) is 23.4 Å². The molecule has 2 rings (SSSR count). The smallest absolute Gasteiger partial charge is 0.129 e. The maximum Gasteiger partial charge on any atom is 0.129 e. The van der Waals surface area contributed by atoms with E-state index in [9.17, 15) is 4.39 Å². The van der Waals surface area contributed by atoms with E-state index in [1.807, 2.05) is 19.1 Å². The Hall–Kier alpha value is -2.10. The van der Waals surface area contributed by atoms with Crippen molar-refractivity contribution in [2.24, 2.45) is 0 Å². The fraction of sp³-hybridized carbons (Fsp3) is 0.214. The van der Waals surface area contributed by atoms with Crippen molar-refractivity contribution >= 4 is 11.5 Å². The van der Waals surface area contributed by atoms with Gasteiger partial charge in [-0.1, -0.05) is 12.1 Å². The maximum absolute atomic E-state index is 13.0. The van der Waals surface area contributed by atoms with Crippen molar-refractivity contribution in [2.45, 2.75) is 13.3 Å². The first-order chi connectivity index (χ1) is 8.65. The van der Waals surface area contributed by atoms with E-state index in [4.69, 9.17) is 5.73 Å². The molecule has 0 aliphatic rings. The van der Waals surface area contributed by atoms with Crippen LogP contribution in [0.5, 0.6) is 0 Å². The number of nitrogens with two attached hydrogens (primary N) is 1. The average molecular weight is 245 g/mol. The monoisotopic (exact) mass is 245 g/mol. The summed E-state index contributed by atoms with van der Waals surface area (Å²) in [5.41, 5.74) is 8.26. The zero-order chi connectivity index (χ0) is 13.0. The molecule has 0 spiro atoms. The van der Waals surface area contributed by atoms with Gasteiger partial charge >= 0.3 is 0 Å². The number of hydrogen-bond donors (Lipinski definition) is 2. The van der Waals surface area contributed by atoms with Gasteiger partial charge in [0.25, 0.3) is 0 Å². The normalized spacial score (nSPS) is 10.3. The highest BCUT2D eigenvalue weighted by Gasteiger charge is 2.00. The molecule has 1 heterocycles. The minimum Gasteiger partial charge on any atom is -0.397 e. The summed E-state index contributed by atoms with van der Waals surface area (Å²) in [6.45, 7) is 2.66. The number of nitrogen functional groups attached to an aromatic ring is 1. The number of hydrogen-bond acceptors (Lipinski definition) is 3. The van der Waals surface area contributed by atoms with Gasteiger partial charge in [0.05, 0.1) is 11.9 Å². The molecule has 3 nitrogen and oxygen atoms in total. The number of anilines is 2. The predicted octanol–water partition coefficient (Wildman–Crippen LogP) is 2.77. The molecule has 2 aromatic rings. The molecular formula is C14H16FN3. The van der Waals surface area contributed by atoms with Gasteiger partial charge < -0.3 is 11.1 Å². The molecular weight excluding hydrogens is 229 g/mol. The first-order valence-corrected chi connectivity index (χ1v) is 5.85. The number of benzene rings is 1. The van der Waals surface area contributed by atoms with Crippen LogP contribution in [-0.4, -0.2) is 11.5 Å². The van der Waals surface area contributed by atoms with Crippen LogP contribution in [0.2, 0.25) is 0 Å². The fourth-order valence-electron chi connectivity index (χ4n) is 1.80. The molecule has 0 amide bonds. The lowest BCUT2D eigenvalue weighted by atomic mass is 10.1. The molecule has 0 saturated carbocycles. The molecule has 0 bridgehead atoms. The minimum atomic E-state index is -0.200. The zero-order valence-electron chi connectivity index (χ0n) is 10.3. The third-order valence-corrected chi connectivity index (χ3v) is 2.69. The molecule has 3 N–H and O–H groups in total. The van der Waals surface area contributed by atoms with Crippen LogP contribution >= 0.6 is 0 Å². The number of nitrogens with one attached hydrogen (secondary N) is 1. The lowest BCUT2D eigenvalue weighted by molar-refractivity contribution is 0.625. The summed E-state index contributed by atoms with van der Waals surface area (Å²) < 4.78 is 13.0. The van der Waals surface area contributed by atoms with Crippen LogP contribution in [-0.2, 0) is 6.42 Å². The van der Waals surface area contributed by atoms with E-state index in [2.05, 4.69) is 10.3 Å². The van der Waals surface area contributed by atoms with E-state index in [1.54, 1.807) is 18.3 Å². The van der Waals surface area contributed by atoms with E-state index in [-0.39, 0.29) is 5.82 Å². The topological polar surface area (TPSA) is 50.9 Å². The zero-order valence-corrected chi connectivity index (χ0v) is 10.3. The summed E-state index contributed by atoms with van der Waals surface area (Å²) in [5, 5.41) is 3.22. The highest BCUT2D eigenvalue weighted by atomic mass is 19.1. The molecule has 18 heavy (non-hydrogen) atoms. The van der Waals surface area contributed by atoms with Crippen molar-refractivity contribution in [1.82, 2.24) is 4.98 Å². The average Bonchev–Trinajstić information content (AvgIpc) is 2.32. The number of rotatable bonds is 4. The summed E-state index contributed by atoms with van der Waals surface area (Å²) in [6, 6.07) is 8.50. The molecule has 0 fully saturated rings. The second kappa shape index (κ2) is 5.49. The summed E-state index contributed by atoms with van der Waals surface area (Å²) in [6.07, 6.45) is 2.38. The van der Waals surface area contributed by atoms with Crippen molar-refractivity contribution in [3.63, 3.8) is 0 Å². The molecule has 1 aromatic heterocycles. The van der Waals surface area contributed by atoms with Crippen LogP contribution in [0.15, 0.2) is 36.5 Å². The van der Waals surface area contributed by atoms with Gasteiger partial charge in [-0.15, -0.1) is 0 Å². The van der Waals surface area contributed by atoms with Gasteiger partial charge in [0.1, 0.15) is 11.6 Å². The van der Waals surface area contributed by atoms with Gasteiger partial charge in [0.15, 0.2) is 0 Å². The van der Waals surface area contributed by atoms with Gasteiger partial charge in [-0.2, -0.15) is 0 Å². The third-order valence-electron chi connectivity index (χ3n) is 2.69. The molecule has 0 saturated heterocycles. The maximum atomic E-state index is 13.0. The third kappa shape index (κ3) is 3.20. The summed E-state index contributed by atoms with van der Waals surface area (Å²) in [4.78, 5) is 4.22. The second-order valence-electron chi connectivity index (χ2n) is 4.24. The Morgan fingerprint density at radius 2 is 2.17 bits per heavy atom. The van der Waals surface area contributed by atoms with Crippen molar-refractivity contribution in [3.8, 4) is 0 Å². The van der Waals surface area contributed by atoms with E-state index in [1.165, 1.54) is 6.07 Å². The predicted molar refractivity (Wildman–Crippen MR) is 72.0 cm³/mol. The van der Waals surface area contributed by atoms with Gasteiger partial charge in [-0.25, -0.2) is 9.37 Å². The standard InChI is InChI=1S/C14H16FN3/c1-10-7-13(16)9-18-14(10)17-6-5-11-3-2-4-12(15)8-11/h2-4,7-9H,5-6,16H2,1H3,(H,17,18). The molecule has 0 unspecified atom stereocenters. The highest BCUT2D eigenvalue weighted by Crippen LogP contribution is 2.14. The van der Waals surface area contributed by atoms with Crippen LogP contribution in [0, 0.1) is 12.7 Å². The molecule has 0 radical (unpaired) electrons. The van der Waals surface area contributed by atoms with E-state index in [0.29, 0.717) is 12.2 Å². The Morgan fingerprint density at radius 3 is 2.89 bits per heavy atom. The largest absolute Gasteiger partial charge is 0.397 e. The van der Waals surface area contributed by atoms with Crippen LogP contribution in [0.4, 0.5) is 15.9 Å². The Morgan fingerprint density at radius 1 is 1.33 bits per heavy atom. The first-order valence-electron chi connectivity index (χ1n) is 5.85. The van der Waals surface area contributed by atoms with Crippen molar-refractivity contribution in [1.29, 1.82) is 0 Å². The lowest BCUT2D eigenvalue weighted by Crippen LogP contribution is -2.08. The molecule has 0 atom stereocenters. The molecule has 4 heteroatoms. The number of pyridine rings is 1. The highest BCUT2D eigenvalue weighted by molar-refractivity contribution is 5.50. The minimum absolute atomic E-state index is 0.200. The van der Waals surface area contributed by atoms with Crippen LogP contribution < -0.4 is 11.1 Å². The van der Waals surface area contributed by atoms with Crippen LogP contribution in [0.3, 0.4) is 0 Å². The van der Waals surface area contributed by atoms with E-state index >= 15 is 0 Å².